The second kappa shape index (κ2) is 4.11. The SMILES string of the molecule is N#Cc1cccc(COC(F)(F)F)c1. The molecule has 0 fully saturated rings. The lowest BCUT2D eigenvalue weighted by Gasteiger charge is -2.06. The fourth-order valence-electron chi connectivity index (χ4n) is 0.896. The number of nitrogens with zero attached hydrogens (tertiary/aromatic N) is 1. The van der Waals surface area contributed by atoms with Crippen LogP contribution in [-0.2, 0) is 11.3 Å². The molecule has 0 saturated heterocycles. The van der Waals surface area contributed by atoms with Crippen LogP contribution in [0.1, 0.15) is 11.1 Å². The van der Waals surface area contributed by atoms with E-state index in [1.807, 2.05) is 6.07 Å². The molecular weight excluding hydrogens is 195 g/mol. The molecule has 0 heterocycles. The Kier molecular flexibility index (Phi) is 3.10. The Morgan fingerprint density at radius 1 is 1.36 bits per heavy atom. The maximum Gasteiger partial charge on any atom is 0.522 e. The molecule has 0 unspecified atom stereocenters. The molecule has 0 spiro atoms. The van der Waals surface area contributed by atoms with Gasteiger partial charge in [-0.1, -0.05) is 12.1 Å². The molecule has 1 aromatic carbocycles. The third-order valence-electron chi connectivity index (χ3n) is 1.46. The van der Waals surface area contributed by atoms with Crippen molar-refractivity contribution in [3.63, 3.8) is 0 Å². The average Bonchev–Trinajstić information content (AvgIpc) is 2.14. The number of hydrogen-bond donors (Lipinski definition) is 0. The molecule has 1 rings (SSSR count). The summed E-state index contributed by atoms with van der Waals surface area (Å²) in [5, 5.41) is 8.48. The fraction of sp³-hybridized carbons (Fsp3) is 0.222. The fourth-order valence-corrected chi connectivity index (χ4v) is 0.896. The molecule has 0 aliphatic rings. The molecule has 0 atom stereocenters. The molecule has 0 saturated carbocycles. The van der Waals surface area contributed by atoms with Crippen LogP contribution in [0.4, 0.5) is 13.2 Å². The van der Waals surface area contributed by atoms with Gasteiger partial charge in [0.05, 0.1) is 18.2 Å². The van der Waals surface area contributed by atoms with Gasteiger partial charge in [-0.2, -0.15) is 5.26 Å². The quantitative estimate of drug-likeness (QED) is 0.736. The first-order valence-electron chi connectivity index (χ1n) is 3.71. The van der Waals surface area contributed by atoms with E-state index in [0.717, 1.165) is 0 Å². The normalized spacial score (nSPS) is 11.0. The molecule has 0 N–H and O–H groups in total. The van der Waals surface area contributed by atoms with Crippen molar-refractivity contribution in [2.75, 3.05) is 0 Å². The van der Waals surface area contributed by atoms with Gasteiger partial charge in [0, 0.05) is 0 Å². The van der Waals surface area contributed by atoms with E-state index < -0.39 is 13.0 Å². The minimum Gasteiger partial charge on any atom is -0.287 e. The van der Waals surface area contributed by atoms with Gasteiger partial charge in [-0.25, -0.2) is 0 Å². The second-order valence-electron chi connectivity index (χ2n) is 2.55. The third kappa shape index (κ3) is 3.46. The summed E-state index contributed by atoms with van der Waals surface area (Å²) in [6.07, 6.45) is -4.64. The summed E-state index contributed by atoms with van der Waals surface area (Å²) in [5.41, 5.74) is 0.634. The van der Waals surface area contributed by atoms with Crippen LogP contribution in [0.15, 0.2) is 24.3 Å². The van der Waals surface area contributed by atoms with E-state index >= 15 is 0 Å². The Morgan fingerprint density at radius 2 is 2.07 bits per heavy atom. The number of ether oxygens (including phenoxy) is 1. The second-order valence-corrected chi connectivity index (χ2v) is 2.55. The molecule has 0 aliphatic heterocycles. The first kappa shape index (κ1) is 10.5. The van der Waals surface area contributed by atoms with Crippen LogP contribution < -0.4 is 0 Å². The van der Waals surface area contributed by atoms with Gasteiger partial charge in [0.25, 0.3) is 0 Å². The van der Waals surface area contributed by atoms with Crippen LogP contribution in [0.5, 0.6) is 0 Å². The number of halogens is 3. The Balaban J connectivity index is 2.65. The van der Waals surface area contributed by atoms with Crippen molar-refractivity contribution in [1.29, 1.82) is 5.26 Å². The van der Waals surface area contributed by atoms with Gasteiger partial charge >= 0.3 is 6.36 Å². The van der Waals surface area contributed by atoms with Crippen molar-refractivity contribution >= 4 is 0 Å². The molecule has 0 aliphatic carbocycles. The third-order valence-corrected chi connectivity index (χ3v) is 1.46. The molecule has 0 radical (unpaired) electrons. The Hall–Kier alpha value is -1.54. The first-order chi connectivity index (χ1) is 6.51. The Morgan fingerprint density at radius 3 is 2.64 bits per heavy atom. The first-order valence-corrected chi connectivity index (χ1v) is 3.71. The van der Waals surface area contributed by atoms with E-state index in [1.165, 1.54) is 24.3 Å². The molecule has 0 aromatic heterocycles. The molecular formula is C9H6F3NO. The monoisotopic (exact) mass is 201 g/mol. The largest absolute Gasteiger partial charge is 0.522 e. The lowest BCUT2D eigenvalue weighted by Crippen LogP contribution is -2.12. The van der Waals surface area contributed by atoms with Crippen molar-refractivity contribution in [2.45, 2.75) is 13.0 Å². The minimum atomic E-state index is -4.64. The zero-order valence-electron chi connectivity index (χ0n) is 7.01. The van der Waals surface area contributed by atoms with Gasteiger partial charge in [-0.3, -0.25) is 4.74 Å². The zero-order valence-corrected chi connectivity index (χ0v) is 7.01. The lowest BCUT2D eigenvalue weighted by molar-refractivity contribution is -0.330. The van der Waals surface area contributed by atoms with Crippen LogP contribution >= 0.6 is 0 Å². The van der Waals surface area contributed by atoms with Crippen LogP contribution in [-0.4, -0.2) is 6.36 Å². The summed E-state index contributed by atoms with van der Waals surface area (Å²) in [4.78, 5) is 0. The van der Waals surface area contributed by atoms with Crippen molar-refractivity contribution in [1.82, 2.24) is 0 Å². The van der Waals surface area contributed by atoms with E-state index in [-0.39, 0.29) is 0 Å². The number of hydrogen-bond acceptors (Lipinski definition) is 2. The summed E-state index contributed by atoms with van der Waals surface area (Å²) in [6.45, 7) is -0.570. The van der Waals surface area contributed by atoms with E-state index in [1.54, 1.807) is 0 Å². The molecule has 0 amide bonds. The van der Waals surface area contributed by atoms with Crippen LogP contribution in [0.25, 0.3) is 0 Å². The molecule has 1 aromatic rings. The van der Waals surface area contributed by atoms with Crippen molar-refractivity contribution < 1.29 is 17.9 Å². The summed E-state index contributed by atoms with van der Waals surface area (Å²) in [6, 6.07) is 7.66. The van der Waals surface area contributed by atoms with Gasteiger partial charge in [0.2, 0.25) is 0 Å². The maximum atomic E-state index is 11.6. The smallest absolute Gasteiger partial charge is 0.287 e. The van der Waals surface area contributed by atoms with E-state index in [9.17, 15) is 13.2 Å². The molecule has 2 nitrogen and oxygen atoms in total. The summed E-state index contributed by atoms with van der Waals surface area (Å²) >= 11 is 0. The van der Waals surface area contributed by atoms with E-state index in [0.29, 0.717) is 11.1 Å². The number of alkyl halides is 3. The molecule has 5 heteroatoms. The minimum absolute atomic E-state index is 0.313. The Labute approximate surface area is 78.5 Å². The van der Waals surface area contributed by atoms with Gasteiger partial charge in [0.15, 0.2) is 0 Å². The molecule has 14 heavy (non-hydrogen) atoms. The Bertz CT molecular complexity index is 354. The van der Waals surface area contributed by atoms with E-state index in [2.05, 4.69) is 4.74 Å². The predicted octanol–water partition coefficient (Wildman–Crippen LogP) is 2.59. The number of rotatable bonds is 2. The lowest BCUT2D eigenvalue weighted by atomic mass is 10.1. The topological polar surface area (TPSA) is 33.0 Å². The average molecular weight is 201 g/mol. The van der Waals surface area contributed by atoms with Crippen molar-refractivity contribution in [3.8, 4) is 6.07 Å². The zero-order chi connectivity index (χ0) is 10.6. The van der Waals surface area contributed by atoms with Gasteiger partial charge in [-0.15, -0.1) is 13.2 Å². The highest BCUT2D eigenvalue weighted by Gasteiger charge is 2.28. The van der Waals surface area contributed by atoms with Crippen molar-refractivity contribution in [3.05, 3.63) is 35.4 Å². The van der Waals surface area contributed by atoms with E-state index in [4.69, 9.17) is 5.26 Å². The number of nitriles is 1. The highest BCUT2D eigenvalue weighted by molar-refractivity contribution is 5.32. The van der Waals surface area contributed by atoms with Crippen LogP contribution in [0.2, 0.25) is 0 Å². The van der Waals surface area contributed by atoms with Gasteiger partial charge in [-0.05, 0) is 17.7 Å². The van der Waals surface area contributed by atoms with Crippen LogP contribution in [0.3, 0.4) is 0 Å². The summed E-state index contributed by atoms with van der Waals surface area (Å²) < 4.78 is 38.5. The molecule has 74 valence electrons. The maximum absolute atomic E-state index is 11.6. The highest BCUT2D eigenvalue weighted by Crippen LogP contribution is 2.18. The summed E-state index contributed by atoms with van der Waals surface area (Å²) in [5.74, 6) is 0. The predicted molar refractivity (Wildman–Crippen MR) is 42.0 cm³/mol. The van der Waals surface area contributed by atoms with Gasteiger partial charge in [0.1, 0.15) is 0 Å². The highest BCUT2D eigenvalue weighted by atomic mass is 19.4. The standard InChI is InChI=1S/C9H6F3NO/c10-9(11,12)14-6-8-3-1-2-7(4-8)5-13/h1-4H,6H2. The van der Waals surface area contributed by atoms with Crippen molar-refractivity contribution in [2.24, 2.45) is 0 Å². The summed E-state index contributed by atoms with van der Waals surface area (Å²) in [7, 11) is 0. The van der Waals surface area contributed by atoms with Crippen LogP contribution in [0, 0.1) is 11.3 Å². The molecule has 0 bridgehead atoms. The van der Waals surface area contributed by atoms with Gasteiger partial charge < -0.3 is 0 Å². The number of benzene rings is 1.